The van der Waals surface area contributed by atoms with Crippen LogP contribution in [0.3, 0.4) is 0 Å². The van der Waals surface area contributed by atoms with Crippen LogP contribution in [0.25, 0.3) is 0 Å². The van der Waals surface area contributed by atoms with Gasteiger partial charge in [0.15, 0.2) is 9.54 Å². The number of aromatic nitrogens is 5. The fourth-order valence-corrected chi connectivity index (χ4v) is 5.10. The van der Waals surface area contributed by atoms with Gasteiger partial charge in [-0.3, -0.25) is 13.0 Å². The van der Waals surface area contributed by atoms with Crippen LogP contribution in [0.4, 0.5) is 0 Å². The Hall–Kier alpha value is -1.34. The average Bonchev–Trinajstić information content (AvgIpc) is 3.00. The van der Waals surface area contributed by atoms with Crippen molar-refractivity contribution in [3.63, 3.8) is 0 Å². The van der Waals surface area contributed by atoms with Gasteiger partial charge >= 0.3 is 0 Å². The van der Waals surface area contributed by atoms with Gasteiger partial charge in [0.25, 0.3) is 0 Å². The summed E-state index contributed by atoms with van der Waals surface area (Å²) in [6.07, 6.45) is 9.79. The van der Waals surface area contributed by atoms with E-state index in [1.54, 1.807) is 0 Å². The standard InChI is InChI=1S/C13H14N5PS3/c1-14-7-9-17(12(14)21)19(16-6-4-3-5-11(16)20)18-10-8-15(2)13(18)22/h3-10H,1-2H3. The molecule has 0 amide bonds. The highest BCUT2D eigenvalue weighted by atomic mass is 32.1. The fourth-order valence-electron chi connectivity index (χ4n) is 2.05. The first-order valence-electron chi connectivity index (χ1n) is 6.47. The molecule has 0 spiro atoms. The smallest absolute Gasteiger partial charge is 0.225 e. The molecule has 3 rings (SSSR count). The first-order chi connectivity index (χ1) is 10.5. The molecule has 114 valence electrons. The van der Waals surface area contributed by atoms with Crippen LogP contribution in [0, 0.1) is 14.2 Å². The van der Waals surface area contributed by atoms with Crippen LogP contribution >= 0.6 is 45.0 Å². The van der Waals surface area contributed by atoms with Crippen LogP contribution in [-0.2, 0) is 14.1 Å². The molecule has 0 aliphatic carbocycles. The van der Waals surface area contributed by atoms with Crippen molar-refractivity contribution in [2.45, 2.75) is 0 Å². The van der Waals surface area contributed by atoms with Crippen LogP contribution < -0.4 is 0 Å². The van der Waals surface area contributed by atoms with Gasteiger partial charge in [-0.25, -0.2) is 0 Å². The summed E-state index contributed by atoms with van der Waals surface area (Å²) < 4.78 is 12.1. The largest absolute Gasteiger partial charge is 0.327 e. The van der Waals surface area contributed by atoms with Gasteiger partial charge in [-0.1, -0.05) is 18.3 Å². The number of hydrogen-bond acceptors (Lipinski definition) is 3. The topological polar surface area (TPSA) is 24.6 Å². The molecule has 3 aromatic rings. The highest BCUT2D eigenvalue weighted by Crippen LogP contribution is 2.41. The van der Waals surface area contributed by atoms with Crippen molar-refractivity contribution >= 4 is 45.0 Å². The minimum Gasteiger partial charge on any atom is -0.327 e. The number of aryl methyl sites for hydroxylation is 2. The molecule has 0 atom stereocenters. The summed E-state index contributed by atoms with van der Waals surface area (Å²) in [7, 11) is 2.79. The quantitative estimate of drug-likeness (QED) is 0.514. The molecule has 0 saturated carbocycles. The lowest BCUT2D eigenvalue weighted by Crippen LogP contribution is -2.10. The van der Waals surface area contributed by atoms with E-state index in [4.69, 9.17) is 36.7 Å². The second kappa shape index (κ2) is 6.04. The van der Waals surface area contributed by atoms with Crippen molar-refractivity contribution in [2.75, 3.05) is 0 Å². The molecule has 3 aromatic heterocycles. The first-order valence-corrected chi connectivity index (χ1v) is 8.90. The van der Waals surface area contributed by atoms with Gasteiger partial charge in [-0.15, -0.1) is 0 Å². The number of nitrogens with zero attached hydrogens (tertiary/aromatic N) is 5. The Morgan fingerprint density at radius 2 is 1.27 bits per heavy atom. The molecular formula is C13H14N5PS3. The molecule has 3 heterocycles. The molecule has 0 N–H and O–H groups in total. The first kappa shape index (κ1) is 15.6. The van der Waals surface area contributed by atoms with E-state index in [1.807, 2.05) is 85.4 Å². The number of rotatable bonds is 3. The maximum atomic E-state index is 5.54. The van der Waals surface area contributed by atoms with Crippen molar-refractivity contribution in [2.24, 2.45) is 14.1 Å². The molecule has 0 radical (unpaired) electrons. The van der Waals surface area contributed by atoms with Crippen molar-refractivity contribution in [3.05, 3.63) is 63.4 Å². The predicted octanol–water partition coefficient (Wildman–Crippen LogP) is 4.13. The average molecular weight is 367 g/mol. The van der Waals surface area contributed by atoms with Crippen molar-refractivity contribution in [3.8, 4) is 0 Å². The van der Waals surface area contributed by atoms with Crippen LogP contribution in [0.5, 0.6) is 0 Å². The molecular weight excluding hydrogens is 353 g/mol. The van der Waals surface area contributed by atoms with Gasteiger partial charge in [0, 0.05) is 45.1 Å². The summed E-state index contributed by atoms with van der Waals surface area (Å²) in [5, 5.41) is 0. The van der Waals surface area contributed by atoms with Gasteiger partial charge in [0.2, 0.25) is 8.37 Å². The molecule has 0 saturated heterocycles. The van der Waals surface area contributed by atoms with Crippen molar-refractivity contribution in [1.29, 1.82) is 0 Å². The lowest BCUT2D eigenvalue weighted by molar-refractivity contribution is 0.859. The highest BCUT2D eigenvalue weighted by Gasteiger charge is 2.19. The minimum absolute atomic E-state index is 0.725. The van der Waals surface area contributed by atoms with E-state index in [0.717, 1.165) is 14.2 Å². The van der Waals surface area contributed by atoms with E-state index in [-0.39, 0.29) is 0 Å². The highest BCUT2D eigenvalue weighted by molar-refractivity contribution is 7.72. The van der Waals surface area contributed by atoms with Crippen LogP contribution in [0.1, 0.15) is 0 Å². The Bertz CT molecular complexity index is 936. The Kier molecular flexibility index (Phi) is 4.27. The molecule has 22 heavy (non-hydrogen) atoms. The van der Waals surface area contributed by atoms with Gasteiger partial charge in [0.1, 0.15) is 4.64 Å². The summed E-state index contributed by atoms with van der Waals surface area (Å²) in [6.45, 7) is 0. The number of hydrogen-bond donors (Lipinski definition) is 0. The summed E-state index contributed by atoms with van der Waals surface area (Å²) >= 11 is 16.6. The summed E-state index contributed by atoms with van der Waals surface area (Å²) in [6, 6.07) is 5.80. The van der Waals surface area contributed by atoms with Crippen LogP contribution in [0.15, 0.2) is 49.2 Å². The van der Waals surface area contributed by atoms with E-state index in [0.29, 0.717) is 0 Å². The number of pyridine rings is 1. The third-order valence-electron chi connectivity index (χ3n) is 3.24. The maximum Gasteiger partial charge on any atom is 0.225 e. The zero-order chi connectivity index (χ0) is 15.9. The third-order valence-corrected chi connectivity index (χ3v) is 7.10. The fraction of sp³-hybridized carbons (Fsp3) is 0.154. The van der Waals surface area contributed by atoms with Gasteiger partial charge in [-0.05, 0) is 36.6 Å². The van der Waals surface area contributed by atoms with E-state index in [2.05, 4.69) is 0 Å². The van der Waals surface area contributed by atoms with Gasteiger partial charge in [-0.2, -0.15) is 0 Å². The van der Waals surface area contributed by atoms with Gasteiger partial charge in [0.05, 0.1) is 0 Å². The summed E-state index contributed by atoms with van der Waals surface area (Å²) in [5.74, 6) is 0. The molecule has 0 aromatic carbocycles. The van der Waals surface area contributed by atoms with Crippen LogP contribution in [-0.4, -0.2) is 22.1 Å². The minimum atomic E-state index is -1.07. The zero-order valence-corrected chi connectivity index (χ0v) is 15.4. The maximum absolute atomic E-state index is 5.54. The molecule has 0 unspecified atom stereocenters. The number of imidazole rings is 2. The lowest BCUT2D eigenvalue weighted by Gasteiger charge is -2.22. The zero-order valence-electron chi connectivity index (χ0n) is 12.0. The molecule has 0 aliphatic rings. The Balaban J connectivity index is 2.33. The van der Waals surface area contributed by atoms with E-state index >= 15 is 0 Å². The SMILES string of the molecule is Cn1ccn(P(n2ccccc2=S)n2ccn(C)c2=S)c1=S. The van der Waals surface area contributed by atoms with Crippen molar-refractivity contribution in [1.82, 2.24) is 22.1 Å². The lowest BCUT2D eigenvalue weighted by atomic mass is 10.5. The molecule has 9 heteroatoms. The van der Waals surface area contributed by atoms with E-state index < -0.39 is 8.37 Å². The summed E-state index contributed by atoms with van der Waals surface area (Å²) in [5.41, 5.74) is 0. The normalized spacial score (nSPS) is 11.2. The third kappa shape index (κ3) is 2.56. The second-order valence-corrected chi connectivity index (χ2v) is 7.70. The van der Waals surface area contributed by atoms with Gasteiger partial charge < -0.3 is 9.13 Å². The van der Waals surface area contributed by atoms with Crippen LogP contribution in [0.2, 0.25) is 0 Å². The molecule has 0 fully saturated rings. The Morgan fingerprint density at radius 1 is 0.727 bits per heavy atom. The molecule has 0 aliphatic heterocycles. The Morgan fingerprint density at radius 3 is 1.68 bits per heavy atom. The van der Waals surface area contributed by atoms with E-state index in [1.165, 1.54) is 0 Å². The predicted molar refractivity (Wildman–Crippen MR) is 96.9 cm³/mol. The Labute approximate surface area is 144 Å². The van der Waals surface area contributed by atoms with E-state index in [9.17, 15) is 0 Å². The monoisotopic (exact) mass is 367 g/mol. The van der Waals surface area contributed by atoms with Crippen molar-refractivity contribution < 1.29 is 0 Å². The summed E-state index contributed by atoms with van der Waals surface area (Å²) in [4.78, 5) is 0. The second-order valence-electron chi connectivity index (χ2n) is 4.72. The molecule has 0 bridgehead atoms. The molecule has 5 nitrogen and oxygen atoms in total.